The lowest BCUT2D eigenvalue weighted by Gasteiger charge is -2.08. The molecule has 1 atom stereocenters. The maximum atomic E-state index is 10.4. The number of aliphatic hydroxyl groups is 1. The van der Waals surface area contributed by atoms with Gasteiger partial charge in [0.05, 0.1) is 7.11 Å². The van der Waals surface area contributed by atoms with E-state index in [1.807, 2.05) is 0 Å². The van der Waals surface area contributed by atoms with Crippen molar-refractivity contribution in [1.29, 1.82) is 5.26 Å². The van der Waals surface area contributed by atoms with E-state index < -0.39 is 11.6 Å². The van der Waals surface area contributed by atoms with Crippen LogP contribution in [0.1, 0.15) is 6.92 Å². The molecule has 0 heterocycles. The molecule has 0 aromatic carbocycles. The number of carbonyl (C=O) groups is 1. The normalized spacial score (nSPS) is 15.3. The monoisotopic (exact) mass is 129 g/mol. The summed E-state index contributed by atoms with van der Waals surface area (Å²) in [5.41, 5.74) is -2.01. The summed E-state index contributed by atoms with van der Waals surface area (Å²) in [7, 11) is 1.11. The SMILES string of the molecule is COC(=O)C(C)(O)C#N. The maximum Gasteiger partial charge on any atom is 0.352 e. The first-order valence-electron chi connectivity index (χ1n) is 2.26. The van der Waals surface area contributed by atoms with Gasteiger partial charge < -0.3 is 9.84 Å². The highest BCUT2D eigenvalue weighted by Crippen LogP contribution is 2.01. The van der Waals surface area contributed by atoms with Crippen molar-refractivity contribution in [2.45, 2.75) is 12.5 Å². The molecule has 0 spiro atoms. The van der Waals surface area contributed by atoms with E-state index in [9.17, 15) is 4.79 Å². The minimum absolute atomic E-state index is 0.940. The second-order valence-electron chi connectivity index (χ2n) is 1.68. The molecule has 0 radical (unpaired) electrons. The van der Waals surface area contributed by atoms with Crippen molar-refractivity contribution in [3.05, 3.63) is 0 Å². The van der Waals surface area contributed by atoms with Crippen molar-refractivity contribution in [2.75, 3.05) is 7.11 Å². The van der Waals surface area contributed by atoms with Gasteiger partial charge in [-0.2, -0.15) is 5.26 Å². The van der Waals surface area contributed by atoms with Crippen LogP contribution in [0.4, 0.5) is 0 Å². The summed E-state index contributed by atoms with van der Waals surface area (Å²) in [6, 6.07) is 1.37. The summed E-state index contributed by atoms with van der Waals surface area (Å²) in [6.07, 6.45) is 0. The Bertz CT molecular complexity index is 156. The Morgan fingerprint density at radius 2 is 2.33 bits per heavy atom. The summed E-state index contributed by atoms with van der Waals surface area (Å²) >= 11 is 0. The fourth-order valence-electron chi connectivity index (χ4n) is 0.244. The van der Waals surface area contributed by atoms with Gasteiger partial charge in [-0.15, -0.1) is 0 Å². The second kappa shape index (κ2) is 2.46. The molecule has 0 aliphatic heterocycles. The molecule has 9 heavy (non-hydrogen) atoms. The molecule has 1 N–H and O–H groups in total. The van der Waals surface area contributed by atoms with Crippen LogP contribution in [-0.2, 0) is 9.53 Å². The molecule has 4 nitrogen and oxygen atoms in total. The number of nitriles is 1. The van der Waals surface area contributed by atoms with E-state index in [-0.39, 0.29) is 0 Å². The van der Waals surface area contributed by atoms with E-state index in [0.717, 1.165) is 14.0 Å². The van der Waals surface area contributed by atoms with Crippen LogP contribution < -0.4 is 0 Å². The standard InChI is InChI=1S/C5H7NO3/c1-5(8,3-6)4(7)9-2/h8H,1-2H3. The van der Waals surface area contributed by atoms with Crippen LogP contribution in [0.3, 0.4) is 0 Å². The van der Waals surface area contributed by atoms with Gasteiger partial charge in [-0.3, -0.25) is 0 Å². The summed E-state index contributed by atoms with van der Waals surface area (Å²) in [4.78, 5) is 10.4. The predicted octanol–water partition coefficient (Wildman–Crippen LogP) is -0.566. The Hall–Kier alpha value is -1.08. The number of methoxy groups -OCH3 is 1. The smallest absolute Gasteiger partial charge is 0.352 e. The summed E-state index contributed by atoms with van der Waals surface area (Å²) in [6.45, 7) is 1.07. The van der Waals surface area contributed by atoms with E-state index in [0.29, 0.717) is 0 Å². The van der Waals surface area contributed by atoms with Crippen LogP contribution in [-0.4, -0.2) is 23.8 Å². The number of nitrogens with zero attached hydrogens (tertiary/aromatic N) is 1. The van der Waals surface area contributed by atoms with Crippen molar-refractivity contribution in [3.63, 3.8) is 0 Å². The average Bonchev–Trinajstić information content (AvgIpc) is 1.86. The quantitative estimate of drug-likeness (QED) is 0.380. The lowest BCUT2D eigenvalue weighted by atomic mass is 10.1. The van der Waals surface area contributed by atoms with Gasteiger partial charge in [-0.1, -0.05) is 0 Å². The molecule has 0 rings (SSSR count). The number of hydrogen-bond acceptors (Lipinski definition) is 4. The zero-order chi connectivity index (χ0) is 7.49. The van der Waals surface area contributed by atoms with Gasteiger partial charge in [0.15, 0.2) is 0 Å². The number of carbonyl (C=O) groups excluding carboxylic acids is 1. The predicted molar refractivity (Wildman–Crippen MR) is 28.3 cm³/mol. The third kappa shape index (κ3) is 1.70. The zero-order valence-electron chi connectivity index (χ0n) is 5.21. The average molecular weight is 129 g/mol. The van der Waals surface area contributed by atoms with E-state index in [1.165, 1.54) is 6.07 Å². The lowest BCUT2D eigenvalue weighted by molar-refractivity contribution is -0.154. The van der Waals surface area contributed by atoms with Gasteiger partial charge >= 0.3 is 5.97 Å². The van der Waals surface area contributed by atoms with Crippen LogP contribution >= 0.6 is 0 Å². The molecule has 0 saturated heterocycles. The van der Waals surface area contributed by atoms with Gasteiger partial charge in [0.1, 0.15) is 6.07 Å². The van der Waals surface area contributed by atoms with Crippen molar-refractivity contribution in [3.8, 4) is 6.07 Å². The van der Waals surface area contributed by atoms with E-state index in [4.69, 9.17) is 10.4 Å². The molecule has 0 fully saturated rings. The molecule has 4 heteroatoms. The second-order valence-corrected chi connectivity index (χ2v) is 1.68. The molecular weight excluding hydrogens is 122 g/mol. The molecule has 0 aliphatic rings. The van der Waals surface area contributed by atoms with Gasteiger partial charge in [0, 0.05) is 0 Å². The third-order valence-corrected chi connectivity index (χ3v) is 0.801. The van der Waals surface area contributed by atoms with Gasteiger partial charge in [-0.05, 0) is 6.92 Å². The Balaban J connectivity index is 4.19. The molecule has 50 valence electrons. The molecule has 0 aromatic rings. The van der Waals surface area contributed by atoms with E-state index in [2.05, 4.69) is 4.74 Å². The molecular formula is C5H7NO3. The fraction of sp³-hybridized carbons (Fsp3) is 0.600. The number of rotatable bonds is 1. The summed E-state index contributed by atoms with van der Waals surface area (Å²) < 4.78 is 4.09. The van der Waals surface area contributed by atoms with Gasteiger partial charge in [-0.25, -0.2) is 4.79 Å². The Kier molecular flexibility index (Phi) is 2.17. The number of ether oxygens (including phenoxy) is 1. The Labute approximate surface area is 52.7 Å². The van der Waals surface area contributed by atoms with Crippen molar-refractivity contribution < 1.29 is 14.6 Å². The molecule has 0 aliphatic carbocycles. The van der Waals surface area contributed by atoms with Gasteiger partial charge in [0.25, 0.3) is 0 Å². The zero-order valence-corrected chi connectivity index (χ0v) is 5.21. The molecule has 0 aromatic heterocycles. The van der Waals surface area contributed by atoms with Crippen molar-refractivity contribution in [2.24, 2.45) is 0 Å². The topological polar surface area (TPSA) is 70.3 Å². The van der Waals surface area contributed by atoms with Crippen molar-refractivity contribution >= 4 is 5.97 Å². The molecule has 0 bridgehead atoms. The first-order valence-corrected chi connectivity index (χ1v) is 2.26. The Morgan fingerprint density at radius 3 is 2.44 bits per heavy atom. The first-order chi connectivity index (χ1) is 4.04. The number of hydrogen-bond donors (Lipinski definition) is 1. The fourth-order valence-corrected chi connectivity index (χ4v) is 0.244. The van der Waals surface area contributed by atoms with Crippen molar-refractivity contribution in [1.82, 2.24) is 0 Å². The highest BCUT2D eigenvalue weighted by molar-refractivity contribution is 5.81. The Morgan fingerprint density at radius 1 is 1.89 bits per heavy atom. The van der Waals surface area contributed by atoms with Crippen LogP contribution in [0.15, 0.2) is 0 Å². The first kappa shape index (κ1) is 7.92. The van der Waals surface area contributed by atoms with E-state index >= 15 is 0 Å². The molecule has 1 unspecified atom stereocenters. The van der Waals surface area contributed by atoms with Crippen LogP contribution in [0.2, 0.25) is 0 Å². The highest BCUT2D eigenvalue weighted by atomic mass is 16.5. The number of esters is 1. The van der Waals surface area contributed by atoms with Crippen LogP contribution in [0.5, 0.6) is 0 Å². The summed E-state index contributed by atoms with van der Waals surface area (Å²) in [5.74, 6) is -0.940. The highest BCUT2D eigenvalue weighted by Gasteiger charge is 2.30. The third-order valence-electron chi connectivity index (χ3n) is 0.801. The van der Waals surface area contributed by atoms with Crippen LogP contribution in [0.25, 0.3) is 0 Å². The molecule has 0 saturated carbocycles. The molecule has 0 amide bonds. The largest absolute Gasteiger partial charge is 0.466 e. The van der Waals surface area contributed by atoms with Gasteiger partial charge in [0.2, 0.25) is 5.60 Å². The minimum Gasteiger partial charge on any atom is -0.466 e. The lowest BCUT2D eigenvalue weighted by Crippen LogP contribution is -2.34. The summed E-state index contributed by atoms with van der Waals surface area (Å²) in [5, 5.41) is 16.9. The maximum absolute atomic E-state index is 10.4. The van der Waals surface area contributed by atoms with E-state index in [1.54, 1.807) is 0 Å². The minimum atomic E-state index is -2.01. The van der Waals surface area contributed by atoms with Crippen LogP contribution in [0, 0.1) is 11.3 Å².